The van der Waals surface area contributed by atoms with Gasteiger partial charge < -0.3 is 5.32 Å². The average Bonchev–Trinajstić information content (AvgIpc) is 2.82. The maximum Gasteiger partial charge on any atom is 0.416 e. The van der Waals surface area contributed by atoms with Crippen LogP contribution in [-0.2, 0) is 23.9 Å². The Morgan fingerprint density at radius 1 is 1.38 bits per heavy atom. The zero-order valence-corrected chi connectivity index (χ0v) is 12.0. The van der Waals surface area contributed by atoms with Crippen LogP contribution in [0, 0.1) is 6.92 Å². The molecule has 0 aliphatic heterocycles. The highest BCUT2D eigenvalue weighted by Gasteiger charge is 2.30. The van der Waals surface area contributed by atoms with Crippen LogP contribution in [-0.4, -0.2) is 10.9 Å². The third-order valence-corrected chi connectivity index (χ3v) is 3.66. The molecule has 1 heterocycles. The summed E-state index contributed by atoms with van der Waals surface area (Å²) in [6.07, 6.45) is -2.81. The Labute approximate surface area is 123 Å². The zero-order valence-electron chi connectivity index (χ0n) is 11.2. The van der Waals surface area contributed by atoms with E-state index in [0.717, 1.165) is 22.0 Å². The number of amides is 1. The van der Waals surface area contributed by atoms with E-state index in [4.69, 9.17) is 0 Å². The van der Waals surface area contributed by atoms with Crippen LogP contribution in [0.15, 0.2) is 30.5 Å². The van der Waals surface area contributed by atoms with Crippen molar-refractivity contribution in [3.8, 4) is 0 Å². The SMILES string of the molecule is Cc1ncc(CNC(=O)Cc2cccc(C(F)(F)F)c2)s1. The van der Waals surface area contributed by atoms with Gasteiger partial charge in [-0.05, 0) is 18.6 Å². The van der Waals surface area contributed by atoms with Gasteiger partial charge in [0, 0.05) is 11.1 Å². The van der Waals surface area contributed by atoms with Gasteiger partial charge in [-0.25, -0.2) is 4.98 Å². The number of carbonyl (C=O) groups is 1. The minimum absolute atomic E-state index is 0.0816. The van der Waals surface area contributed by atoms with E-state index >= 15 is 0 Å². The normalized spacial score (nSPS) is 11.4. The molecule has 21 heavy (non-hydrogen) atoms. The predicted molar refractivity (Wildman–Crippen MR) is 73.8 cm³/mol. The van der Waals surface area contributed by atoms with Gasteiger partial charge in [-0.15, -0.1) is 11.3 Å². The first-order chi connectivity index (χ1) is 9.84. The van der Waals surface area contributed by atoms with Crippen molar-refractivity contribution >= 4 is 17.2 Å². The van der Waals surface area contributed by atoms with Crippen molar-refractivity contribution < 1.29 is 18.0 Å². The molecule has 1 N–H and O–H groups in total. The average molecular weight is 314 g/mol. The van der Waals surface area contributed by atoms with Gasteiger partial charge in [0.1, 0.15) is 0 Å². The molecule has 1 aromatic carbocycles. The number of nitrogens with zero attached hydrogens (tertiary/aromatic N) is 1. The summed E-state index contributed by atoms with van der Waals surface area (Å²) in [6.45, 7) is 2.20. The number of aromatic nitrogens is 1. The van der Waals surface area contributed by atoms with E-state index in [2.05, 4.69) is 10.3 Å². The number of hydrogen-bond donors (Lipinski definition) is 1. The third-order valence-electron chi connectivity index (χ3n) is 2.75. The molecule has 1 aromatic heterocycles. The Hall–Kier alpha value is -1.89. The fourth-order valence-corrected chi connectivity index (χ4v) is 2.51. The molecule has 2 aromatic rings. The van der Waals surface area contributed by atoms with Gasteiger partial charge in [-0.2, -0.15) is 13.2 Å². The number of nitrogens with one attached hydrogen (secondary N) is 1. The lowest BCUT2D eigenvalue weighted by Crippen LogP contribution is -2.24. The van der Waals surface area contributed by atoms with Gasteiger partial charge in [0.2, 0.25) is 5.91 Å². The number of aryl methyl sites for hydroxylation is 1. The highest BCUT2D eigenvalue weighted by atomic mass is 32.1. The van der Waals surface area contributed by atoms with Crippen LogP contribution in [0.1, 0.15) is 21.0 Å². The summed E-state index contributed by atoms with van der Waals surface area (Å²) in [7, 11) is 0. The Bertz CT molecular complexity index is 637. The number of carbonyl (C=O) groups excluding carboxylic acids is 1. The van der Waals surface area contributed by atoms with E-state index < -0.39 is 11.7 Å². The second-order valence-corrected chi connectivity index (χ2v) is 5.82. The highest BCUT2D eigenvalue weighted by Crippen LogP contribution is 2.29. The second kappa shape index (κ2) is 6.26. The molecule has 0 unspecified atom stereocenters. The summed E-state index contributed by atoms with van der Waals surface area (Å²) >= 11 is 1.47. The molecule has 0 saturated carbocycles. The molecule has 0 atom stereocenters. The Kier molecular flexibility index (Phi) is 4.62. The molecule has 0 aliphatic rings. The van der Waals surface area contributed by atoms with E-state index in [1.54, 1.807) is 6.20 Å². The lowest BCUT2D eigenvalue weighted by Gasteiger charge is -2.08. The summed E-state index contributed by atoms with van der Waals surface area (Å²) in [4.78, 5) is 16.7. The van der Waals surface area contributed by atoms with Crippen LogP contribution < -0.4 is 5.32 Å². The molecule has 112 valence electrons. The second-order valence-electron chi connectivity index (χ2n) is 4.50. The number of hydrogen-bond acceptors (Lipinski definition) is 3. The van der Waals surface area contributed by atoms with Crippen LogP contribution >= 0.6 is 11.3 Å². The molecule has 0 spiro atoms. The monoisotopic (exact) mass is 314 g/mol. The smallest absolute Gasteiger partial charge is 0.351 e. The topological polar surface area (TPSA) is 42.0 Å². The van der Waals surface area contributed by atoms with Gasteiger partial charge >= 0.3 is 6.18 Å². The van der Waals surface area contributed by atoms with Gasteiger partial charge in [0.25, 0.3) is 0 Å². The maximum absolute atomic E-state index is 12.6. The van der Waals surface area contributed by atoms with Crippen molar-refractivity contribution in [2.24, 2.45) is 0 Å². The predicted octanol–water partition coefficient (Wildman–Crippen LogP) is 3.33. The van der Waals surface area contributed by atoms with Crippen LogP contribution in [0.3, 0.4) is 0 Å². The van der Waals surface area contributed by atoms with E-state index in [1.807, 2.05) is 6.92 Å². The number of rotatable bonds is 4. The molecule has 0 radical (unpaired) electrons. The minimum atomic E-state index is -4.40. The lowest BCUT2D eigenvalue weighted by atomic mass is 10.1. The molecular formula is C14H13F3N2OS. The van der Waals surface area contributed by atoms with Crippen molar-refractivity contribution in [3.63, 3.8) is 0 Å². The number of halogens is 3. The molecule has 3 nitrogen and oxygen atoms in total. The van der Waals surface area contributed by atoms with E-state index in [9.17, 15) is 18.0 Å². The van der Waals surface area contributed by atoms with Crippen LogP contribution in [0.2, 0.25) is 0 Å². The van der Waals surface area contributed by atoms with Crippen LogP contribution in [0.5, 0.6) is 0 Å². The van der Waals surface area contributed by atoms with Crippen LogP contribution in [0.25, 0.3) is 0 Å². The van der Waals surface area contributed by atoms with E-state index in [1.165, 1.54) is 23.5 Å². The quantitative estimate of drug-likeness (QED) is 0.940. The Balaban J connectivity index is 1.93. The van der Waals surface area contributed by atoms with Gasteiger partial charge in [0.05, 0.1) is 23.5 Å². The molecule has 0 aliphatic carbocycles. The largest absolute Gasteiger partial charge is 0.416 e. The van der Waals surface area contributed by atoms with Gasteiger partial charge in [-0.3, -0.25) is 4.79 Å². The summed E-state index contributed by atoms with van der Waals surface area (Å²) in [5.74, 6) is -0.319. The highest BCUT2D eigenvalue weighted by molar-refractivity contribution is 7.11. The molecule has 0 bridgehead atoms. The first kappa shape index (κ1) is 15.5. The van der Waals surface area contributed by atoms with E-state index in [-0.39, 0.29) is 12.3 Å². The van der Waals surface area contributed by atoms with Crippen molar-refractivity contribution in [3.05, 3.63) is 51.5 Å². The summed E-state index contributed by atoms with van der Waals surface area (Å²) < 4.78 is 37.7. The summed E-state index contributed by atoms with van der Waals surface area (Å²) in [6, 6.07) is 4.79. The van der Waals surface area contributed by atoms with Crippen molar-refractivity contribution in [1.29, 1.82) is 0 Å². The van der Waals surface area contributed by atoms with Gasteiger partial charge in [0.15, 0.2) is 0 Å². The lowest BCUT2D eigenvalue weighted by molar-refractivity contribution is -0.137. The molecule has 0 fully saturated rings. The van der Waals surface area contributed by atoms with Crippen molar-refractivity contribution in [1.82, 2.24) is 10.3 Å². The van der Waals surface area contributed by atoms with Crippen molar-refractivity contribution in [2.75, 3.05) is 0 Å². The Morgan fingerprint density at radius 3 is 2.76 bits per heavy atom. The number of alkyl halides is 3. The van der Waals surface area contributed by atoms with E-state index in [0.29, 0.717) is 12.1 Å². The third kappa shape index (κ3) is 4.56. The molecule has 2 rings (SSSR count). The zero-order chi connectivity index (χ0) is 15.5. The summed E-state index contributed by atoms with van der Waals surface area (Å²) in [5, 5.41) is 3.57. The standard InChI is InChI=1S/C14H13F3N2OS/c1-9-18-7-12(21-9)8-19-13(20)6-10-3-2-4-11(5-10)14(15,16)17/h2-5,7H,6,8H2,1H3,(H,19,20). The Morgan fingerprint density at radius 2 is 2.14 bits per heavy atom. The molecule has 1 amide bonds. The fraction of sp³-hybridized carbons (Fsp3) is 0.286. The molecule has 7 heteroatoms. The first-order valence-electron chi connectivity index (χ1n) is 6.19. The van der Waals surface area contributed by atoms with Crippen molar-refractivity contribution in [2.45, 2.75) is 26.1 Å². The summed E-state index contributed by atoms with van der Waals surface area (Å²) in [5.41, 5.74) is -0.409. The van der Waals surface area contributed by atoms with Crippen LogP contribution in [0.4, 0.5) is 13.2 Å². The maximum atomic E-state index is 12.6. The first-order valence-corrected chi connectivity index (χ1v) is 7.00. The molecular weight excluding hydrogens is 301 g/mol. The number of benzene rings is 1. The van der Waals surface area contributed by atoms with Gasteiger partial charge in [-0.1, -0.05) is 18.2 Å². The molecule has 0 saturated heterocycles. The fourth-order valence-electron chi connectivity index (χ4n) is 1.78. The number of thiazole rings is 1. The minimum Gasteiger partial charge on any atom is -0.351 e.